The molecule has 5 heterocycles. The molecule has 1 saturated heterocycles. The van der Waals surface area contributed by atoms with Crippen molar-refractivity contribution in [3.63, 3.8) is 0 Å². The van der Waals surface area contributed by atoms with E-state index in [2.05, 4.69) is 63.5 Å². The Labute approximate surface area is 266 Å². The van der Waals surface area contributed by atoms with Gasteiger partial charge in [-0.05, 0) is 92.7 Å². The maximum Gasteiger partial charge on any atom is 0.305 e. The van der Waals surface area contributed by atoms with Crippen LogP contribution >= 0.6 is 0 Å². The molecule has 0 amide bonds. The molecule has 0 saturated carbocycles. The second-order valence-corrected chi connectivity index (χ2v) is 12.7. The number of rotatable bonds is 9. The Balaban J connectivity index is 1.54. The van der Waals surface area contributed by atoms with Crippen LogP contribution < -0.4 is 10.6 Å². The fraction of sp³-hybridized carbons (Fsp3) is 0.459. The summed E-state index contributed by atoms with van der Waals surface area (Å²) in [6.45, 7) is 14.6. The topological polar surface area (TPSA) is 108 Å². The van der Waals surface area contributed by atoms with Crippen LogP contribution in [0.15, 0.2) is 106 Å². The summed E-state index contributed by atoms with van der Waals surface area (Å²) in [5, 5.41) is 18.6. The molecule has 5 aliphatic heterocycles. The highest BCUT2D eigenvalue weighted by Gasteiger charge is 2.41. The van der Waals surface area contributed by atoms with Gasteiger partial charge in [0.25, 0.3) is 0 Å². The minimum atomic E-state index is -0.222. The van der Waals surface area contributed by atoms with Gasteiger partial charge in [0.05, 0.1) is 41.3 Å². The van der Waals surface area contributed by atoms with Crippen molar-refractivity contribution in [3.05, 3.63) is 91.5 Å². The molecule has 3 N–H and O–H groups in total. The molecule has 1 aliphatic carbocycles. The summed E-state index contributed by atoms with van der Waals surface area (Å²) < 4.78 is 5.01. The zero-order chi connectivity index (χ0) is 32.0. The van der Waals surface area contributed by atoms with E-state index in [0.717, 1.165) is 106 Å². The largest absolute Gasteiger partial charge is 0.511 e. The van der Waals surface area contributed by atoms with E-state index in [1.807, 2.05) is 6.92 Å². The Morgan fingerprint density at radius 3 is 2.44 bits per heavy atom. The zero-order valence-electron chi connectivity index (χ0n) is 27.6. The predicted octanol–water partition coefficient (Wildman–Crippen LogP) is 7.00. The van der Waals surface area contributed by atoms with Gasteiger partial charge < -0.3 is 20.5 Å². The van der Waals surface area contributed by atoms with Crippen LogP contribution in [-0.2, 0) is 9.53 Å². The normalized spacial score (nSPS) is 23.9. The Bertz CT molecular complexity index is 1720. The van der Waals surface area contributed by atoms with Crippen LogP contribution in [-0.4, -0.2) is 48.4 Å². The van der Waals surface area contributed by atoms with Crippen LogP contribution in [0.25, 0.3) is 0 Å². The number of fused-ring (bicyclic) bond motifs is 5. The van der Waals surface area contributed by atoms with Gasteiger partial charge in [-0.2, -0.15) is 0 Å². The smallest absolute Gasteiger partial charge is 0.305 e. The summed E-state index contributed by atoms with van der Waals surface area (Å²) in [5.74, 6) is 0.255. The Hall–Kier alpha value is -4.04. The van der Waals surface area contributed by atoms with E-state index >= 15 is 0 Å². The van der Waals surface area contributed by atoms with E-state index < -0.39 is 0 Å². The lowest BCUT2D eigenvalue weighted by Gasteiger charge is -2.17. The van der Waals surface area contributed by atoms with Gasteiger partial charge in [0.1, 0.15) is 5.76 Å². The number of carbonyl (C=O) groups excluding carboxylic acids is 1. The number of aliphatic hydroxyl groups excluding tert-OH is 1. The SMILES string of the molecule is CCCCNCC1=C(C)C2=NC1=CC1=NC(=CC3=C(C)C4=C(O)CC(=C5NC(=C2)[C@@H](C)[C@@H]5CCC(=O)OC)C4=N3)C(CC)=C1C. The van der Waals surface area contributed by atoms with Crippen LogP contribution in [0.3, 0.4) is 0 Å². The van der Waals surface area contributed by atoms with E-state index in [1.165, 1.54) is 18.3 Å². The number of methoxy groups -OCH3 is 1. The maximum atomic E-state index is 12.3. The van der Waals surface area contributed by atoms with E-state index in [4.69, 9.17) is 19.7 Å². The summed E-state index contributed by atoms with van der Waals surface area (Å²) in [6, 6.07) is 0. The summed E-state index contributed by atoms with van der Waals surface area (Å²) in [6.07, 6.45) is 10.9. The molecule has 236 valence electrons. The molecule has 8 nitrogen and oxygen atoms in total. The molecule has 0 aromatic rings. The zero-order valence-corrected chi connectivity index (χ0v) is 27.6. The highest BCUT2D eigenvalue weighted by molar-refractivity contribution is 6.21. The number of carbonyl (C=O) groups is 1. The third-order valence-electron chi connectivity index (χ3n) is 10.1. The molecule has 6 aliphatic rings. The average Bonchev–Trinajstić information content (AvgIpc) is 3.77. The number of aliphatic hydroxyl groups is 1. The van der Waals surface area contributed by atoms with E-state index in [-0.39, 0.29) is 17.8 Å². The van der Waals surface area contributed by atoms with Gasteiger partial charge in [0.2, 0.25) is 0 Å². The highest BCUT2D eigenvalue weighted by Crippen LogP contribution is 2.46. The number of nitrogens with one attached hydrogen (secondary N) is 2. The average molecular weight is 608 g/mol. The molecule has 0 radical (unpaired) electrons. The molecule has 1 fully saturated rings. The van der Waals surface area contributed by atoms with Gasteiger partial charge in [-0.3, -0.25) is 4.79 Å². The standard InChI is InChI=1S/C37H45N5O3/c1-8-10-13-38-18-26-21(5)27-15-29-20(4)24(11-12-34(44)45-7)36(41-29)25-14-33(43)35-22(6)30(42-37(25)35)17-31-23(9-2)19(3)28(39-31)16-32(26)40-27/h15-17,20,24,38,41,43H,8-14,18H2,1-7H3/t20-,24-/m0/s1. The third kappa shape index (κ3) is 5.43. The van der Waals surface area contributed by atoms with Gasteiger partial charge in [0, 0.05) is 53.8 Å². The van der Waals surface area contributed by atoms with Crippen molar-refractivity contribution in [2.24, 2.45) is 26.8 Å². The van der Waals surface area contributed by atoms with Crippen molar-refractivity contribution < 1.29 is 14.6 Å². The molecular weight excluding hydrogens is 562 g/mol. The van der Waals surface area contributed by atoms with Crippen LogP contribution in [0.5, 0.6) is 0 Å². The summed E-state index contributed by atoms with van der Waals surface area (Å²) in [5.41, 5.74) is 14.9. The summed E-state index contributed by atoms with van der Waals surface area (Å²) in [4.78, 5) is 27.7. The quantitative estimate of drug-likeness (QED) is 0.193. The van der Waals surface area contributed by atoms with E-state index in [1.54, 1.807) is 0 Å². The van der Waals surface area contributed by atoms with Crippen molar-refractivity contribution in [1.82, 2.24) is 10.6 Å². The number of hydrogen-bond acceptors (Lipinski definition) is 8. The Kier molecular flexibility index (Phi) is 8.53. The van der Waals surface area contributed by atoms with E-state index in [0.29, 0.717) is 25.0 Å². The molecule has 6 rings (SSSR count). The fourth-order valence-corrected chi connectivity index (χ4v) is 7.27. The van der Waals surface area contributed by atoms with Crippen LogP contribution in [0.1, 0.15) is 80.1 Å². The first kappa shape index (κ1) is 31.0. The minimum absolute atomic E-state index is 0.0360. The first-order valence-corrected chi connectivity index (χ1v) is 16.4. The van der Waals surface area contributed by atoms with Crippen LogP contribution in [0.2, 0.25) is 0 Å². The number of nitrogens with zero attached hydrogens (tertiary/aromatic N) is 3. The fourth-order valence-electron chi connectivity index (χ4n) is 7.27. The number of hydrogen-bond donors (Lipinski definition) is 3. The molecule has 8 bridgehead atoms. The summed E-state index contributed by atoms with van der Waals surface area (Å²) in [7, 11) is 1.43. The van der Waals surface area contributed by atoms with Crippen molar-refractivity contribution >= 4 is 23.1 Å². The van der Waals surface area contributed by atoms with Crippen molar-refractivity contribution in [2.45, 2.75) is 80.1 Å². The van der Waals surface area contributed by atoms with Crippen molar-refractivity contribution in [3.8, 4) is 0 Å². The van der Waals surface area contributed by atoms with Gasteiger partial charge in [-0.15, -0.1) is 0 Å². The second-order valence-electron chi connectivity index (χ2n) is 12.7. The number of esters is 1. The van der Waals surface area contributed by atoms with Gasteiger partial charge in [-0.1, -0.05) is 27.2 Å². The first-order valence-electron chi connectivity index (χ1n) is 16.4. The Morgan fingerprint density at radius 1 is 1.02 bits per heavy atom. The van der Waals surface area contributed by atoms with Crippen molar-refractivity contribution in [1.29, 1.82) is 0 Å². The van der Waals surface area contributed by atoms with E-state index in [9.17, 15) is 9.90 Å². The molecule has 0 spiro atoms. The van der Waals surface area contributed by atoms with Gasteiger partial charge in [-0.25, -0.2) is 15.0 Å². The molecule has 0 aromatic carbocycles. The molecule has 0 aromatic heterocycles. The molecule has 8 heteroatoms. The minimum Gasteiger partial charge on any atom is -0.511 e. The van der Waals surface area contributed by atoms with Crippen LogP contribution in [0.4, 0.5) is 0 Å². The number of unbranched alkanes of at least 4 members (excludes halogenated alkanes) is 1. The van der Waals surface area contributed by atoms with Gasteiger partial charge in [0.15, 0.2) is 0 Å². The molecule has 0 unspecified atom stereocenters. The monoisotopic (exact) mass is 607 g/mol. The lowest BCUT2D eigenvalue weighted by molar-refractivity contribution is -0.140. The number of aliphatic imine (C=N–C) groups is 3. The summed E-state index contributed by atoms with van der Waals surface area (Å²) >= 11 is 0. The Morgan fingerprint density at radius 2 is 1.73 bits per heavy atom. The van der Waals surface area contributed by atoms with Crippen LogP contribution in [0, 0.1) is 11.8 Å². The maximum absolute atomic E-state index is 12.3. The third-order valence-corrected chi connectivity index (χ3v) is 10.1. The number of ether oxygens (including phenoxy) is 1. The highest BCUT2D eigenvalue weighted by atomic mass is 16.5. The van der Waals surface area contributed by atoms with Gasteiger partial charge >= 0.3 is 5.97 Å². The lowest BCUT2D eigenvalue weighted by Crippen LogP contribution is -2.19. The lowest BCUT2D eigenvalue weighted by atomic mass is 9.86. The predicted molar refractivity (Wildman–Crippen MR) is 181 cm³/mol. The van der Waals surface area contributed by atoms with Crippen molar-refractivity contribution in [2.75, 3.05) is 20.2 Å². The molecular formula is C37H45N5O3. The first-order chi connectivity index (χ1) is 21.7. The molecule has 45 heavy (non-hydrogen) atoms. The number of allylic oxidation sites excluding steroid dienone is 11. The second kappa shape index (κ2) is 12.4. The molecule has 2 atom stereocenters.